The van der Waals surface area contributed by atoms with Gasteiger partial charge in [0.2, 0.25) is 0 Å². The lowest BCUT2D eigenvalue weighted by Gasteiger charge is -2.52. The van der Waals surface area contributed by atoms with E-state index in [4.69, 9.17) is 10.5 Å². The van der Waals surface area contributed by atoms with Crippen molar-refractivity contribution in [2.75, 3.05) is 20.7 Å². The summed E-state index contributed by atoms with van der Waals surface area (Å²) in [4.78, 5) is 2.31. The Bertz CT molecular complexity index is 288. The molecular weight excluding hydrogens is 224 g/mol. The molecule has 3 nitrogen and oxygen atoms in total. The van der Waals surface area contributed by atoms with Crippen molar-refractivity contribution in [1.82, 2.24) is 4.90 Å². The first-order valence-corrected chi connectivity index (χ1v) is 7.50. The minimum Gasteiger partial charge on any atom is -0.375 e. The normalized spacial score (nSPS) is 32.0. The third kappa shape index (κ3) is 2.33. The molecule has 1 aliphatic heterocycles. The molecule has 2 fully saturated rings. The van der Waals surface area contributed by atoms with Crippen LogP contribution in [0.4, 0.5) is 0 Å². The number of hydrogen-bond acceptors (Lipinski definition) is 3. The lowest BCUT2D eigenvalue weighted by Crippen LogP contribution is -2.60. The van der Waals surface area contributed by atoms with Crippen LogP contribution in [0.2, 0.25) is 0 Å². The maximum atomic E-state index is 6.64. The van der Waals surface area contributed by atoms with Crippen molar-refractivity contribution in [1.29, 1.82) is 0 Å². The Hall–Kier alpha value is -0.120. The minimum absolute atomic E-state index is 0.104. The highest BCUT2D eigenvalue weighted by atomic mass is 16.5. The van der Waals surface area contributed by atoms with E-state index in [0.717, 1.165) is 19.4 Å². The van der Waals surface area contributed by atoms with E-state index in [1.165, 1.54) is 25.7 Å². The summed E-state index contributed by atoms with van der Waals surface area (Å²) in [5.41, 5.74) is 6.96. The fraction of sp³-hybridized carbons (Fsp3) is 1.00. The molecule has 3 heteroatoms. The second kappa shape index (κ2) is 5.10. The first-order valence-electron chi connectivity index (χ1n) is 7.50. The van der Waals surface area contributed by atoms with E-state index in [1.54, 1.807) is 0 Å². The van der Waals surface area contributed by atoms with Crippen molar-refractivity contribution < 1.29 is 4.74 Å². The summed E-state index contributed by atoms with van der Waals surface area (Å²) in [5.74, 6) is 0.617. The highest BCUT2D eigenvalue weighted by Gasteiger charge is 2.47. The minimum atomic E-state index is 0.104. The Morgan fingerprint density at radius 1 is 1.44 bits per heavy atom. The average molecular weight is 254 g/mol. The Morgan fingerprint density at radius 3 is 2.56 bits per heavy atom. The molecule has 1 spiro atoms. The number of hydrogen-bond donors (Lipinski definition) is 1. The van der Waals surface area contributed by atoms with Gasteiger partial charge in [0.15, 0.2) is 0 Å². The topological polar surface area (TPSA) is 38.5 Å². The second-order valence-corrected chi connectivity index (χ2v) is 6.77. The molecule has 2 aliphatic rings. The summed E-state index contributed by atoms with van der Waals surface area (Å²) in [6, 6.07) is 0.249. The molecule has 0 bridgehead atoms. The zero-order chi connectivity index (χ0) is 13.4. The molecule has 1 saturated carbocycles. The molecule has 0 aromatic rings. The Labute approximate surface area is 112 Å². The molecule has 2 N–H and O–H groups in total. The van der Waals surface area contributed by atoms with Crippen LogP contribution in [-0.4, -0.2) is 42.8 Å². The monoisotopic (exact) mass is 254 g/mol. The molecule has 1 saturated heterocycles. The van der Waals surface area contributed by atoms with Crippen molar-refractivity contribution in [2.45, 2.75) is 69.6 Å². The quantitative estimate of drug-likeness (QED) is 0.837. The van der Waals surface area contributed by atoms with Crippen molar-refractivity contribution in [3.8, 4) is 0 Å². The van der Waals surface area contributed by atoms with Gasteiger partial charge < -0.3 is 15.4 Å². The number of rotatable bonds is 4. The van der Waals surface area contributed by atoms with Gasteiger partial charge in [-0.3, -0.25) is 0 Å². The lowest BCUT2D eigenvalue weighted by atomic mass is 9.67. The second-order valence-electron chi connectivity index (χ2n) is 6.77. The Balaban J connectivity index is 2.05. The number of ether oxygens (including phenoxy) is 1. The summed E-state index contributed by atoms with van der Waals surface area (Å²) < 4.78 is 6.02. The van der Waals surface area contributed by atoms with Gasteiger partial charge >= 0.3 is 0 Å². The largest absolute Gasteiger partial charge is 0.375 e. The Kier molecular flexibility index (Phi) is 4.05. The van der Waals surface area contributed by atoms with E-state index in [1.807, 2.05) is 0 Å². The van der Waals surface area contributed by atoms with Crippen LogP contribution in [0.1, 0.15) is 52.4 Å². The zero-order valence-corrected chi connectivity index (χ0v) is 12.5. The number of likely N-dealkylation sites (N-methyl/N-ethyl adjacent to an activating group) is 1. The maximum Gasteiger partial charge on any atom is 0.0685 e. The fourth-order valence-electron chi connectivity index (χ4n) is 3.65. The van der Waals surface area contributed by atoms with Crippen LogP contribution in [0, 0.1) is 5.92 Å². The van der Waals surface area contributed by atoms with Gasteiger partial charge in [-0.25, -0.2) is 0 Å². The first-order chi connectivity index (χ1) is 8.43. The van der Waals surface area contributed by atoms with Gasteiger partial charge in [-0.05, 0) is 65.5 Å². The van der Waals surface area contributed by atoms with Gasteiger partial charge in [0.1, 0.15) is 0 Å². The van der Waals surface area contributed by atoms with Crippen molar-refractivity contribution in [3.05, 3.63) is 0 Å². The molecule has 0 aromatic heterocycles. The van der Waals surface area contributed by atoms with Crippen LogP contribution in [0.15, 0.2) is 0 Å². The van der Waals surface area contributed by atoms with Crippen LogP contribution in [-0.2, 0) is 4.74 Å². The molecule has 18 heavy (non-hydrogen) atoms. The number of nitrogens with zero attached hydrogens (tertiary/aromatic N) is 1. The molecule has 0 amide bonds. The van der Waals surface area contributed by atoms with Gasteiger partial charge in [0.25, 0.3) is 0 Å². The summed E-state index contributed by atoms with van der Waals surface area (Å²) in [7, 11) is 4.31. The van der Waals surface area contributed by atoms with E-state index >= 15 is 0 Å². The fourth-order valence-corrected chi connectivity index (χ4v) is 3.65. The zero-order valence-electron chi connectivity index (χ0n) is 12.5. The van der Waals surface area contributed by atoms with Crippen LogP contribution in [0.3, 0.4) is 0 Å². The van der Waals surface area contributed by atoms with Crippen LogP contribution < -0.4 is 5.73 Å². The average Bonchev–Trinajstić information content (AvgIpc) is 2.35. The standard InChI is InChI=1S/C15H30N2O/c1-5-14(2,17(3)4)13(16)12-7-10-18-15(11-12)8-6-9-15/h12-13H,5-11,16H2,1-4H3. The molecule has 0 radical (unpaired) electrons. The summed E-state index contributed by atoms with van der Waals surface area (Å²) in [6.07, 6.45) is 7.25. The molecule has 2 rings (SSSR count). The SMILES string of the molecule is CCC(C)(C(N)C1CCOC2(CCC2)C1)N(C)C. The van der Waals surface area contributed by atoms with Gasteiger partial charge in [-0.15, -0.1) is 0 Å². The van der Waals surface area contributed by atoms with Crippen LogP contribution in [0.5, 0.6) is 0 Å². The smallest absolute Gasteiger partial charge is 0.0685 e. The van der Waals surface area contributed by atoms with E-state index < -0.39 is 0 Å². The van der Waals surface area contributed by atoms with Crippen LogP contribution >= 0.6 is 0 Å². The molecule has 1 heterocycles. The van der Waals surface area contributed by atoms with Crippen LogP contribution in [0.25, 0.3) is 0 Å². The Morgan fingerprint density at radius 2 is 2.11 bits per heavy atom. The number of nitrogens with two attached hydrogens (primary N) is 1. The van der Waals surface area contributed by atoms with E-state index in [2.05, 4.69) is 32.8 Å². The van der Waals surface area contributed by atoms with Gasteiger partial charge in [0.05, 0.1) is 5.60 Å². The summed E-state index contributed by atoms with van der Waals surface area (Å²) in [6.45, 7) is 5.46. The third-order valence-corrected chi connectivity index (χ3v) is 5.76. The predicted octanol–water partition coefficient (Wildman–Crippen LogP) is 2.39. The van der Waals surface area contributed by atoms with Gasteiger partial charge in [-0.1, -0.05) is 6.92 Å². The highest BCUT2D eigenvalue weighted by Crippen LogP contribution is 2.46. The molecule has 3 unspecified atom stereocenters. The summed E-state index contributed by atoms with van der Waals surface area (Å²) >= 11 is 0. The maximum absolute atomic E-state index is 6.64. The highest BCUT2D eigenvalue weighted by molar-refractivity contribution is 5.02. The van der Waals surface area contributed by atoms with E-state index in [0.29, 0.717) is 5.92 Å². The molecule has 3 atom stereocenters. The van der Waals surface area contributed by atoms with Gasteiger partial charge in [0, 0.05) is 18.2 Å². The lowest BCUT2D eigenvalue weighted by molar-refractivity contribution is -0.150. The predicted molar refractivity (Wildman–Crippen MR) is 75.6 cm³/mol. The molecule has 0 aromatic carbocycles. The molecule has 1 aliphatic carbocycles. The van der Waals surface area contributed by atoms with Crippen molar-refractivity contribution in [2.24, 2.45) is 11.7 Å². The van der Waals surface area contributed by atoms with E-state index in [9.17, 15) is 0 Å². The van der Waals surface area contributed by atoms with Gasteiger partial charge in [-0.2, -0.15) is 0 Å². The molecule has 106 valence electrons. The van der Waals surface area contributed by atoms with Crippen molar-refractivity contribution in [3.63, 3.8) is 0 Å². The third-order valence-electron chi connectivity index (χ3n) is 5.76. The molecular formula is C15H30N2O. The first kappa shape index (κ1) is 14.3. The summed E-state index contributed by atoms with van der Waals surface area (Å²) in [5, 5.41) is 0. The van der Waals surface area contributed by atoms with E-state index in [-0.39, 0.29) is 17.2 Å². The van der Waals surface area contributed by atoms with Crippen molar-refractivity contribution >= 4 is 0 Å².